The standard InChI is InChI=1S/C23H20FN3O4/c1-13-11-17-19(22(28)27(13)12-14-7-5-6-10-26-14)18(15-8-3-4-9-16(15)24)20(21(25)31-17)23(29)30-2/h3-11,18H,12,25H2,1-2H3/t18-/m0/s1. The number of hydrogen-bond donors (Lipinski definition) is 1. The van der Waals surface area contributed by atoms with Gasteiger partial charge in [0.25, 0.3) is 5.56 Å². The second-order valence-corrected chi connectivity index (χ2v) is 7.10. The maximum absolute atomic E-state index is 14.8. The molecule has 1 atom stereocenters. The number of hydrogen-bond acceptors (Lipinski definition) is 6. The Kier molecular flexibility index (Phi) is 5.29. The van der Waals surface area contributed by atoms with Gasteiger partial charge in [-0.15, -0.1) is 0 Å². The Balaban J connectivity index is 1.97. The monoisotopic (exact) mass is 421 g/mol. The average Bonchev–Trinajstić information content (AvgIpc) is 2.76. The molecule has 2 N–H and O–H groups in total. The molecule has 158 valence electrons. The lowest BCUT2D eigenvalue weighted by atomic mass is 9.83. The fourth-order valence-corrected chi connectivity index (χ4v) is 3.77. The predicted molar refractivity (Wildman–Crippen MR) is 111 cm³/mol. The first-order valence-corrected chi connectivity index (χ1v) is 9.56. The van der Waals surface area contributed by atoms with Crippen molar-refractivity contribution in [2.24, 2.45) is 5.73 Å². The van der Waals surface area contributed by atoms with Crippen LogP contribution in [-0.4, -0.2) is 22.6 Å². The lowest BCUT2D eigenvalue weighted by Crippen LogP contribution is -2.35. The molecule has 0 radical (unpaired) electrons. The van der Waals surface area contributed by atoms with E-state index in [0.29, 0.717) is 11.4 Å². The lowest BCUT2D eigenvalue weighted by molar-refractivity contribution is -0.136. The molecule has 7 nitrogen and oxygen atoms in total. The molecule has 0 amide bonds. The fourth-order valence-electron chi connectivity index (χ4n) is 3.77. The van der Waals surface area contributed by atoms with E-state index in [1.807, 2.05) is 6.07 Å². The summed E-state index contributed by atoms with van der Waals surface area (Å²) in [6.07, 6.45) is 1.64. The van der Waals surface area contributed by atoms with Crippen molar-refractivity contribution in [2.45, 2.75) is 19.4 Å². The maximum Gasteiger partial charge on any atom is 0.340 e. The molecule has 1 aliphatic rings. The number of fused-ring (bicyclic) bond motifs is 1. The minimum atomic E-state index is -1.08. The summed E-state index contributed by atoms with van der Waals surface area (Å²) in [5.74, 6) is -2.51. The van der Waals surface area contributed by atoms with Crippen LogP contribution in [0.1, 0.15) is 28.4 Å². The lowest BCUT2D eigenvalue weighted by Gasteiger charge is -2.29. The summed E-state index contributed by atoms with van der Waals surface area (Å²) in [5, 5.41) is 0. The molecule has 8 heteroatoms. The van der Waals surface area contributed by atoms with Crippen molar-refractivity contribution < 1.29 is 18.7 Å². The predicted octanol–water partition coefficient (Wildman–Crippen LogP) is 2.61. The van der Waals surface area contributed by atoms with Crippen LogP contribution in [-0.2, 0) is 16.1 Å². The quantitative estimate of drug-likeness (QED) is 0.651. The number of methoxy groups -OCH3 is 1. The normalized spacial score (nSPS) is 15.3. The van der Waals surface area contributed by atoms with E-state index in [9.17, 15) is 14.0 Å². The third-order valence-corrected chi connectivity index (χ3v) is 5.24. The highest BCUT2D eigenvalue weighted by Gasteiger charge is 2.39. The van der Waals surface area contributed by atoms with E-state index in [1.54, 1.807) is 37.4 Å². The molecule has 0 bridgehead atoms. The van der Waals surface area contributed by atoms with Gasteiger partial charge in [0.2, 0.25) is 5.88 Å². The zero-order chi connectivity index (χ0) is 22.1. The third kappa shape index (κ3) is 3.56. The smallest absolute Gasteiger partial charge is 0.340 e. The summed E-state index contributed by atoms with van der Waals surface area (Å²) in [5.41, 5.74) is 7.00. The minimum absolute atomic E-state index is 0.112. The highest BCUT2D eigenvalue weighted by atomic mass is 19.1. The number of aromatic nitrogens is 2. The van der Waals surface area contributed by atoms with E-state index < -0.39 is 23.3 Å². The van der Waals surface area contributed by atoms with Gasteiger partial charge in [0.15, 0.2) is 0 Å². The van der Waals surface area contributed by atoms with Crippen molar-refractivity contribution >= 4 is 5.97 Å². The van der Waals surface area contributed by atoms with E-state index in [2.05, 4.69) is 4.98 Å². The van der Waals surface area contributed by atoms with Gasteiger partial charge in [0.05, 0.1) is 30.8 Å². The van der Waals surface area contributed by atoms with Crippen LogP contribution in [0.2, 0.25) is 0 Å². The van der Waals surface area contributed by atoms with Crippen molar-refractivity contribution in [2.75, 3.05) is 7.11 Å². The van der Waals surface area contributed by atoms with Gasteiger partial charge in [-0.25, -0.2) is 9.18 Å². The molecule has 0 unspecified atom stereocenters. The molecule has 0 fully saturated rings. The largest absolute Gasteiger partial charge is 0.465 e. The SMILES string of the molecule is COC(=O)C1=C(N)Oc2cc(C)n(Cc3ccccn3)c(=O)c2[C@@H]1c1ccccc1F. The zero-order valence-electron chi connectivity index (χ0n) is 17.0. The summed E-state index contributed by atoms with van der Waals surface area (Å²) >= 11 is 0. The van der Waals surface area contributed by atoms with Crippen LogP contribution in [0.3, 0.4) is 0 Å². The van der Waals surface area contributed by atoms with Gasteiger partial charge in [0.1, 0.15) is 17.1 Å². The number of ether oxygens (including phenoxy) is 2. The fraction of sp³-hybridized carbons (Fsp3) is 0.174. The van der Waals surface area contributed by atoms with Crippen LogP contribution < -0.4 is 16.0 Å². The van der Waals surface area contributed by atoms with Gasteiger partial charge in [-0.1, -0.05) is 24.3 Å². The first-order valence-electron chi connectivity index (χ1n) is 9.56. The Bertz CT molecular complexity index is 1250. The van der Waals surface area contributed by atoms with Crippen LogP contribution in [0.25, 0.3) is 0 Å². The number of halogens is 1. The van der Waals surface area contributed by atoms with Gasteiger partial charge in [-0.05, 0) is 25.1 Å². The molecule has 2 aromatic heterocycles. The van der Waals surface area contributed by atoms with Crippen molar-refractivity contribution in [1.29, 1.82) is 0 Å². The number of nitrogens with zero attached hydrogens (tertiary/aromatic N) is 2. The number of benzene rings is 1. The maximum atomic E-state index is 14.8. The number of rotatable bonds is 4. The molecule has 1 aliphatic heterocycles. The molecule has 3 heterocycles. The Morgan fingerprint density at radius 2 is 2.00 bits per heavy atom. The van der Waals surface area contributed by atoms with E-state index in [-0.39, 0.29) is 34.9 Å². The molecule has 0 spiro atoms. The number of nitrogens with two attached hydrogens (primary N) is 1. The Morgan fingerprint density at radius 3 is 2.68 bits per heavy atom. The minimum Gasteiger partial charge on any atom is -0.465 e. The van der Waals surface area contributed by atoms with Gasteiger partial charge < -0.3 is 19.8 Å². The number of carbonyl (C=O) groups excluding carboxylic acids is 1. The number of aryl methyl sites for hydroxylation is 1. The van der Waals surface area contributed by atoms with Crippen molar-refractivity contribution in [3.05, 3.63) is 105 Å². The van der Waals surface area contributed by atoms with E-state index >= 15 is 0 Å². The summed E-state index contributed by atoms with van der Waals surface area (Å²) < 4.78 is 26.8. The van der Waals surface area contributed by atoms with Gasteiger partial charge >= 0.3 is 5.97 Å². The second-order valence-electron chi connectivity index (χ2n) is 7.10. The van der Waals surface area contributed by atoms with Crippen LogP contribution in [0, 0.1) is 12.7 Å². The van der Waals surface area contributed by atoms with Gasteiger partial charge in [0, 0.05) is 23.5 Å². The molecular weight excluding hydrogens is 401 g/mol. The van der Waals surface area contributed by atoms with Crippen molar-refractivity contribution in [1.82, 2.24) is 9.55 Å². The first kappa shape index (κ1) is 20.3. The third-order valence-electron chi connectivity index (χ3n) is 5.24. The van der Waals surface area contributed by atoms with E-state index in [0.717, 1.165) is 0 Å². The first-order chi connectivity index (χ1) is 14.9. The number of carbonyl (C=O) groups is 1. The Labute approximate surface area is 177 Å². The molecule has 1 aromatic carbocycles. The molecule has 4 rings (SSSR count). The van der Waals surface area contributed by atoms with Gasteiger partial charge in [-0.2, -0.15) is 0 Å². The van der Waals surface area contributed by atoms with Crippen LogP contribution >= 0.6 is 0 Å². The van der Waals surface area contributed by atoms with Crippen LogP contribution in [0.5, 0.6) is 5.75 Å². The highest BCUT2D eigenvalue weighted by molar-refractivity contribution is 5.92. The Hall–Kier alpha value is -3.94. The summed E-state index contributed by atoms with van der Waals surface area (Å²) in [6.45, 7) is 1.96. The molecular formula is C23H20FN3O4. The number of pyridine rings is 2. The van der Waals surface area contributed by atoms with Gasteiger partial charge in [-0.3, -0.25) is 9.78 Å². The molecule has 3 aromatic rings. The number of esters is 1. The molecule has 0 aliphatic carbocycles. The van der Waals surface area contributed by atoms with Crippen LogP contribution in [0.4, 0.5) is 4.39 Å². The topological polar surface area (TPSA) is 96.4 Å². The summed E-state index contributed by atoms with van der Waals surface area (Å²) in [7, 11) is 1.19. The average molecular weight is 421 g/mol. The van der Waals surface area contributed by atoms with E-state index in [1.165, 1.54) is 29.9 Å². The second kappa shape index (κ2) is 8.06. The molecule has 0 saturated carbocycles. The molecule has 0 saturated heterocycles. The summed E-state index contributed by atoms with van der Waals surface area (Å²) in [6, 6.07) is 13.0. The zero-order valence-corrected chi connectivity index (χ0v) is 17.0. The molecule has 31 heavy (non-hydrogen) atoms. The van der Waals surface area contributed by atoms with Crippen LogP contribution in [0.15, 0.2) is 71.0 Å². The highest BCUT2D eigenvalue weighted by Crippen LogP contribution is 2.42. The van der Waals surface area contributed by atoms with E-state index in [4.69, 9.17) is 15.2 Å². The van der Waals surface area contributed by atoms with Crippen molar-refractivity contribution in [3.63, 3.8) is 0 Å². The van der Waals surface area contributed by atoms with Crippen molar-refractivity contribution in [3.8, 4) is 5.75 Å². The Morgan fingerprint density at radius 1 is 1.26 bits per heavy atom. The summed E-state index contributed by atoms with van der Waals surface area (Å²) in [4.78, 5) is 30.4.